The Bertz CT molecular complexity index is 411. The second kappa shape index (κ2) is 3.74. The Balaban J connectivity index is 2.12. The molecule has 16 heavy (non-hydrogen) atoms. The van der Waals surface area contributed by atoms with Crippen molar-refractivity contribution in [2.45, 2.75) is 38.1 Å². The van der Waals surface area contributed by atoms with Crippen molar-refractivity contribution >= 4 is 0 Å². The molecule has 3 aliphatic carbocycles. The second-order valence-electron chi connectivity index (χ2n) is 5.15. The zero-order valence-corrected chi connectivity index (χ0v) is 9.65. The maximum Gasteiger partial charge on any atom is 0.0455 e. The summed E-state index contributed by atoms with van der Waals surface area (Å²) in [6, 6.07) is 0.108. The summed E-state index contributed by atoms with van der Waals surface area (Å²) in [5.74, 6) is 0. The number of allylic oxidation sites excluding steroid dienone is 6. The summed E-state index contributed by atoms with van der Waals surface area (Å²) in [6.07, 6.45) is 19.7. The van der Waals surface area contributed by atoms with Crippen LogP contribution >= 0.6 is 0 Å². The Hall–Kier alpha value is -1.08. The minimum atomic E-state index is 0.108. The van der Waals surface area contributed by atoms with E-state index in [1.165, 1.54) is 31.3 Å². The summed E-state index contributed by atoms with van der Waals surface area (Å²) >= 11 is 0. The molecule has 2 N–H and O–H groups in total. The third-order valence-corrected chi connectivity index (χ3v) is 4.32. The summed E-state index contributed by atoms with van der Waals surface area (Å²) in [6.45, 7) is 0. The van der Waals surface area contributed by atoms with E-state index in [1.54, 1.807) is 5.57 Å². The van der Waals surface area contributed by atoms with Crippen molar-refractivity contribution in [3.05, 3.63) is 47.6 Å². The van der Waals surface area contributed by atoms with Gasteiger partial charge < -0.3 is 5.73 Å². The summed E-state index contributed by atoms with van der Waals surface area (Å²) in [7, 11) is 0. The smallest absolute Gasteiger partial charge is 0.0455 e. The zero-order valence-electron chi connectivity index (χ0n) is 9.65. The maximum absolute atomic E-state index is 6.27. The fourth-order valence-electron chi connectivity index (χ4n) is 3.49. The van der Waals surface area contributed by atoms with Gasteiger partial charge in [0.15, 0.2) is 0 Å². The van der Waals surface area contributed by atoms with Gasteiger partial charge in [0.2, 0.25) is 0 Å². The molecule has 1 fully saturated rings. The lowest BCUT2D eigenvalue weighted by Crippen LogP contribution is -2.37. The van der Waals surface area contributed by atoms with Gasteiger partial charge in [0.05, 0.1) is 0 Å². The summed E-state index contributed by atoms with van der Waals surface area (Å²) < 4.78 is 0. The predicted molar refractivity (Wildman–Crippen MR) is 67.9 cm³/mol. The van der Waals surface area contributed by atoms with Crippen molar-refractivity contribution in [1.29, 1.82) is 0 Å². The van der Waals surface area contributed by atoms with E-state index in [9.17, 15) is 0 Å². The monoisotopic (exact) mass is 213 g/mol. The maximum atomic E-state index is 6.27. The second-order valence-corrected chi connectivity index (χ2v) is 5.15. The quantitative estimate of drug-likeness (QED) is 0.656. The van der Waals surface area contributed by atoms with Crippen LogP contribution in [0.25, 0.3) is 0 Å². The SMILES string of the molecule is NC1C=CC=C2CCCCC23CC=CC=C13. The standard InChI is InChI=1S/C15H19N/c16-14-9-5-7-12-6-1-3-10-15(12)11-4-2-8-13(14)15/h2,4-5,7-9,14H,1,3,6,10-11,16H2. The van der Waals surface area contributed by atoms with Gasteiger partial charge in [0, 0.05) is 11.5 Å². The molecule has 1 saturated carbocycles. The van der Waals surface area contributed by atoms with E-state index in [-0.39, 0.29) is 11.5 Å². The van der Waals surface area contributed by atoms with E-state index in [2.05, 4.69) is 36.5 Å². The van der Waals surface area contributed by atoms with Gasteiger partial charge in [-0.15, -0.1) is 0 Å². The molecule has 1 spiro atoms. The minimum Gasteiger partial charge on any atom is -0.321 e. The molecule has 2 atom stereocenters. The lowest BCUT2D eigenvalue weighted by molar-refractivity contribution is 0.319. The number of rotatable bonds is 0. The van der Waals surface area contributed by atoms with Crippen LogP contribution in [0.4, 0.5) is 0 Å². The third-order valence-electron chi connectivity index (χ3n) is 4.32. The molecule has 2 unspecified atom stereocenters. The molecule has 0 aliphatic heterocycles. The highest BCUT2D eigenvalue weighted by Gasteiger charge is 2.41. The van der Waals surface area contributed by atoms with Crippen LogP contribution in [0.1, 0.15) is 32.1 Å². The Morgan fingerprint density at radius 2 is 2.12 bits per heavy atom. The predicted octanol–water partition coefficient (Wildman–Crippen LogP) is 3.26. The molecule has 0 radical (unpaired) electrons. The number of hydrogen-bond acceptors (Lipinski definition) is 1. The molecule has 84 valence electrons. The van der Waals surface area contributed by atoms with Gasteiger partial charge in [-0.3, -0.25) is 0 Å². The lowest BCUT2D eigenvalue weighted by atomic mass is 9.61. The van der Waals surface area contributed by atoms with Crippen LogP contribution in [0, 0.1) is 5.41 Å². The van der Waals surface area contributed by atoms with E-state index < -0.39 is 0 Å². The van der Waals surface area contributed by atoms with Gasteiger partial charge in [0.1, 0.15) is 0 Å². The Labute approximate surface area is 97.4 Å². The molecule has 0 bridgehead atoms. The van der Waals surface area contributed by atoms with Crippen LogP contribution in [-0.2, 0) is 0 Å². The summed E-state index contributed by atoms with van der Waals surface area (Å²) in [5, 5.41) is 0. The fraction of sp³-hybridized carbons (Fsp3) is 0.467. The third kappa shape index (κ3) is 1.35. The van der Waals surface area contributed by atoms with Gasteiger partial charge in [-0.1, -0.05) is 48.5 Å². The molecular formula is C15H19N. The molecule has 0 heterocycles. The van der Waals surface area contributed by atoms with E-state index in [1.807, 2.05) is 0 Å². The molecule has 1 nitrogen and oxygen atoms in total. The topological polar surface area (TPSA) is 26.0 Å². The van der Waals surface area contributed by atoms with E-state index >= 15 is 0 Å². The van der Waals surface area contributed by atoms with Crippen LogP contribution < -0.4 is 5.73 Å². The zero-order chi connectivity index (χ0) is 11.0. The molecular weight excluding hydrogens is 194 g/mol. The molecule has 0 saturated heterocycles. The average Bonchev–Trinajstić information content (AvgIpc) is 2.46. The summed E-state index contributed by atoms with van der Waals surface area (Å²) in [4.78, 5) is 0. The number of nitrogens with two attached hydrogens (primary N) is 1. The van der Waals surface area contributed by atoms with Gasteiger partial charge in [-0.2, -0.15) is 0 Å². The lowest BCUT2D eigenvalue weighted by Gasteiger charge is -2.43. The van der Waals surface area contributed by atoms with Crippen molar-refractivity contribution < 1.29 is 0 Å². The van der Waals surface area contributed by atoms with Crippen molar-refractivity contribution in [1.82, 2.24) is 0 Å². The normalized spacial score (nSPS) is 36.9. The molecule has 0 aromatic carbocycles. The Morgan fingerprint density at radius 3 is 3.06 bits per heavy atom. The number of hydrogen-bond donors (Lipinski definition) is 1. The fourth-order valence-corrected chi connectivity index (χ4v) is 3.49. The van der Waals surface area contributed by atoms with Crippen molar-refractivity contribution in [3.8, 4) is 0 Å². The molecule has 3 aliphatic rings. The van der Waals surface area contributed by atoms with Crippen LogP contribution in [0.2, 0.25) is 0 Å². The first-order valence-electron chi connectivity index (χ1n) is 6.33. The molecule has 0 amide bonds. The minimum absolute atomic E-state index is 0.108. The first-order valence-corrected chi connectivity index (χ1v) is 6.33. The van der Waals surface area contributed by atoms with Gasteiger partial charge in [0.25, 0.3) is 0 Å². The van der Waals surface area contributed by atoms with E-state index in [0.29, 0.717) is 0 Å². The van der Waals surface area contributed by atoms with E-state index in [4.69, 9.17) is 5.73 Å². The molecule has 0 aromatic heterocycles. The highest BCUT2D eigenvalue weighted by Crippen LogP contribution is 2.52. The van der Waals surface area contributed by atoms with Crippen LogP contribution in [-0.4, -0.2) is 6.04 Å². The van der Waals surface area contributed by atoms with Crippen molar-refractivity contribution in [2.24, 2.45) is 11.1 Å². The molecule has 3 rings (SSSR count). The highest BCUT2D eigenvalue weighted by atomic mass is 14.7. The van der Waals surface area contributed by atoms with Crippen molar-refractivity contribution in [2.75, 3.05) is 0 Å². The average molecular weight is 213 g/mol. The van der Waals surface area contributed by atoms with Gasteiger partial charge in [-0.05, 0) is 31.3 Å². The molecule has 1 heteroatoms. The van der Waals surface area contributed by atoms with Crippen LogP contribution in [0.15, 0.2) is 47.6 Å². The highest BCUT2D eigenvalue weighted by molar-refractivity contribution is 5.45. The van der Waals surface area contributed by atoms with Gasteiger partial charge >= 0.3 is 0 Å². The van der Waals surface area contributed by atoms with Gasteiger partial charge in [-0.25, -0.2) is 0 Å². The summed E-state index contributed by atoms with van der Waals surface area (Å²) in [5.41, 5.74) is 9.59. The first-order chi connectivity index (χ1) is 7.83. The Morgan fingerprint density at radius 1 is 1.19 bits per heavy atom. The first kappa shape index (κ1) is 10.1. The molecule has 0 aromatic rings. The van der Waals surface area contributed by atoms with Crippen LogP contribution in [0.3, 0.4) is 0 Å². The van der Waals surface area contributed by atoms with E-state index in [0.717, 1.165) is 6.42 Å². The largest absolute Gasteiger partial charge is 0.321 e. The van der Waals surface area contributed by atoms with Crippen LogP contribution in [0.5, 0.6) is 0 Å². The van der Waals surface area contributed by atoms with Crippen molar-refractivity contribution in [3.63, 3.8) is 0 Å². The Kier molecular flexibility index (Phi) is 2.36.